The van der Waals surface area contributed by atoms with E-state index < -0.39 is 13.4 Å². The minimum absolute atomic E-state index is 0.0101. The monoisotopic (exact) mass is 434 g/mol. The van der Waals surface area contributed by atoms with Crippen molar-refractivity contribution in [2.75, 3.05) is 0 Å². The summed E-state index contributed by atoms with van der Waals surface area (Å²) in [6, 6.07) is 19.5. The average Bonchev–Trinajstić information content (AvgIpc) is 2.66. The quantitative estimate of drug-likeness (QED) is 0.375. The van der Waals surface area contributed by atoms with Crippen molar-refractivity contribution in [3.8, 4) is 0 Å². The van der Waals surface area contributed by atoms with Gasteiger partial charge in [-0.25, -0.2) is 0 Å². The molecule has 0 aromatic heterocycles. The molecule has 0 saturated heterocycles. The fourth-order valence-corrected chi connectivity index (χ4v) is 5.58. The van der Waals surface area contributed by atoms with Gasteiger partial charge in [0.1, 0.15) is 0 Å². The second-order valence-corrected chi connectivity index (χ2v) is 9.84. The average molecular weight is 435 g/mol. The second kappa shape index (κ2) is 10.9. The van der Waals surface area contributed by atoms with E-state index in [-0.39, 0.29) is 18.2 Å². The van der Waals surface area contributed by atoms with Crippen LogP contribution in [0, 0.1) is 0 Å². The highest BCUT2D eigenvalue weighted by atomic mass is 32.1. The molecule has 0 amide bonds. The summed E-state index contributed by atoms with van der Waals surface area (Å²) in [5.74, 6) is -0.725. The highest BCUT2D eigenvalue weighted by Crippen LogP contribution is 2.61. The maximum atomic E-state index is 13.8. The zero-order valence-corrected chi connectivity index (χ0v) is 19.4. The van der Waals surface area contributed by atoms with Crippen LogP contribution >= 0.6 is 19.8 Å². The van der Waals surface area contributed by atoms with Crippen LogP contribution in [-0.2, 0) is 13.6 Å². The lowest BCUT2D eigenvalue weighted by Crippen LogP contribution is -2.39. The highest BCUT2D eigenvalue weighted by molar-refractivity contribution is 7.80. The molecule has 0 spiro atoms. The molecular formula is C22H31N2O3PS. The summed E-state index contributed by atoms with van der Waals surface area (Å²) in [4.78, 5) is 0. The number of thiocarbonyl (C=S) groups is 1. The van der Waals surface area contributed by atoms with Gasteiger partial charge in [-0.2, -0.15) is 0 Å². The van der Waals surface area contributed by atoms with Gasteiger partial charge >= 0.3 is 7.60 Å². The summed E-state index contributed by atoms with van der Waals surface area (Å²) < 4.78 is 25.5. The topological polar surface area (TPSA) is 59.6 Å². The molecule has 0 saturated carbocycles. The molecule has 2 atom stereocenters. The number of rotatable bonds is 9. The molecular weight excluding hydrogens is 403 g/mol. The third kappa shape index (κ3) is 7.23. The Hall–Kier alpha value is -1.72. The Bertz CT molecular complexity index is 801. The second-order valence-electron chi connectivity index (χ2n) is 7.41. The minimum Gasteiger partial charge on any atom is -0.356 e. The van der Waals surface area contributed by atoms with Crippen LogP contribution in [0.5, 0.6) is 0 Å². The Labute approximate surface area is 179 Å². The molecule has 29 heavy (non-hydrogen) atoms. The van der Waals surface area contributed by atoms with Gasteiger partial charge in [0, 0.05) is 0 Å². The zero-order chi connectivity index (χ0) is 21.4. The van der Waals surface area contributed by atoms with Gasteiger partial charge in [-0.15, -0.1) is 0 Å². The summed E-state index contributed by atoms with van der Waals surface area (Å²) >= 11 is 5.55. The minimum atomic E-state index is -3.57. The van der Waals surface area contributed by atoms with E-state index in [4.69, 9.17) is 21.3 Å². The number of hydrogen-bond donors (Lipinski definition) is 2. The van der Waals surface area contributed by atoms with Crippen LogP contribution in [0.2, 0.25) is 0 Å². The maximum Gasteiger partial charge on any atom is 0.357 e. The Balaban J connectivity index is 2.28. The van der Waals surface area contributed by atoms with E-state index in [1.165, 1.54) is 0 Å². The molecule has 7 heteroatoms. The first kappa shape index (κ1) is 23.6. The van der Waals surface area contributed by atoms with Crippen molar-refractivity contribution >= 4 is 24.9 Å². The van der Waals surface area contributed by atoms with Gasteiger partial charge in [0.25, 0.3) is 0 Å². The SMILES string of the molecule is CC(C)OP(=O)(OC(C)C)C(NC(=S)N[C@@H](C)c1ccccc1)c1ccccc1. The molecule has 0 aliphatic rings. The van der Waals surface area contributed by atoms with E-state index in [9.17, 15) is 4.57 Å². The van der Waals surface area contributed by atoms with E-state index in [0.717, 1.165) is 11.1 Å². The maximum absolute atomic E-state index is 13.8. The standard InChI is InChI=1S/C22H31N2O3PS/c1-16(2)26-28(25,27-17(3)4)21(20-14-10-7-11-15-20)24-22(29)23-18(5)19-12-8-6-9-13-19/h6-18,21H,1-5H3,(H2,23,24,29)/t18-,21?/m0/s1. The van der Waals surface area contributed by atoms with Crippen LogP contribution in [-0.4, -0.2) is 17.3 Å². The molecule has 1 unspecified atom stereocenters. The van der Waals surface area contributed by atoms with Crippen LogP contribution in [0.4, 0.5) is 0 Å². The normalized spacial score (nSPS) is 13.9. The molecule has 5 nitrogen and oxygen atoms in total. The molecule has 0 bridgehead atoms. The Morgan fingerprint density at radius 2 is 1.24 bits per heavy atom. The summed E-state index contributed by atoms with van der Waals surface area (Å²) in [5.41, 5.74) is 1.89. The predicted octanol–water partition coefficient (Wildman–Crippen LogP) is 5.95. The largest absolute Gasteiger partial charge is 0.357 e. The van der Waals surface area contributed by atoms with E-state index >= 15 is 0 Å². The lowest BCUT2D eigenvalue weighted by atomic mass is 10.1. The first-order valence-electron chi connectivity index (χ1n) is 9.84. The van der Waals surface area contributed by atoms with E-state index in [1.807, 2.05) is 95.3 Å². The zero-order valence-electron chi connectivity index (χ0n) is 17.7. The van der Waals surface area contributed by atoms with Crippen LogP contribution in [0.1, 0.15) is 57.6 Å². The van der Waals surface area contributed by atoms with Crippen LogP contribution in [0.25, 0.3) is 0 Å². The predicted molar refractivity (Wildman–Crippen MR) is 123 cm³/mol. The first-order valence-corrected chi connectivity index (χ1v) is 11.9. The third-order valence-electron chi connectivity index (χ3n) is 4.06. The van der Waals surface area contributed by atoms with Crippen molar-refractivity contribution in [2.45, 2.75) is 58.7 Å². The van der Waals surface area contributed by atoms with Crippen molar-refractivity contribution in [3.05, 3.63) is 71.8 Å². The number of hydrogen-bond acceptors (Lipinski definition) is 4. The van der Waals surface area contributed by atoms with Gasteiger partial charge in [-0.05, 0) is 58.0 Å². The van der Waals surface area contributed by atoms with Crippen LogP contribution in [0.3, 0.4) is 0 Å². The summed E-state index contributed by atoms with van der Waals surface area (Å²) in [6.07, 6.45) is -0.533. The van der Waals surface area contributed by atoms with Crippen molar-refractivity contribution in [1.29, 1.82) is 0 Å². The number of nitrogens with one attached hydrogen (secondary N) is 2. The Kier molecular flexibility index (Phi) is 8.84. The number of benzene rings is 2. The molecule has 0 aliphatic heterocycles. The fourth-order valence-electron chi connectivity index (χ4n) is 2.90. The van der Waals surface area contributed by atoms with Gasteiger partial charge in [0.15, 0.2) is 10.9 Å². The Morgan fingerprint density at radius 3 is 1.69 bits per heavy atom. The van der Waals surface area contributed by atoms with Gasteiger partial charge in [-0.3, -0.25) is 4.57 Å². The first-order chi connectivity index (χ1) is 13.7. The summed E-state index contributed by atoms with van der Waals surface area (Å²) in [6.45, 7) is 9.38. The molecule has 2 aromatic carbocycles. The lowest BCUT2D eigenvalue weighted by molar-refractivity contribution is 0.135. The molecule has 2 rings (SSSR count). The third-order valence-corrected chi connectivity index (χ3v) is 6.79. The van der Waals surface area contributed by atoms with Gasteiger partial charge in [0.2, 0.25) is 0 Å². The van der Waals surface area contributed by atoms with E-state index in [1.54, 1.807) is 0 Å². The smallest absolute Gasteiger partial charge is 0.356 e. The molecule has 0 fully saturated rings. The Morgan fingerprint density at radius 1 is 0.793 bits per heavy atom. The molecule has 158 valence electrons. The van der Waals surface area contributed by atoms with Crippen molar-refractivity contribution in [2.24, 2.45) is 0 Å². The lowest BCUT2D eigenvalue weighted by Gasteiger charge is -2.32. The van der Waals surface area contributed by atoms with Crippen LogP contribution < -0.4 is 10.6 Å². The molecule has 0 radical (unpaired) electrons. The molecule has 0 aliphatic carbocycles. The fraction of sp³-hybridized carbons (Fsp3) is 0.409. The van der Waals surface area contributed by atoms with Crippen molar-refractivity contribution in [3.63, 3.8) is 0 Å². The van der Waals surface area contributed by atoms with Crippen LogP contribution in [0.15, 0.2) is 60.7 Å². The van der Waals surface area contributed by atoms with E-state index in [2.05, 4.69) is 10.6 Å². The summed E-state index contributed by atoms with van der Waals surface area (Å²) in [7, 11) is -3.57. The van der Waals surface area contributed by atoms with E-state index in [0.29, 0.717) is 5.11 Å². The highest BCUT2D eigenvalue weighted by Gasteiger charge is 2.40. The van der Waals surface area contributed by atoms with Crippen molar-refractivity contribution < 1.29 is 13.6 Å². The van der Waals surface area contributed by atoms with Gasteiger partial charge in [0.05, 0.1) is 18.2 Å². The summed E-state index contributed by atoms with van der Waals surface area (Å²) in [5, 5.41) is 6.84. The molecule has 0 heterocycles. The van der Waals surface area contributed by atoms with Crippen molar-refractivity contribution in [1.82, 2.24) is 10.6 Å². The van der Waals surface area contributed by atoms with Gasteiger partial charge < -0.3 is 19.7 Å². The molecule has 2 N–H and O–H groups in total. The molecule has 2 aromatic rings. The van der Waals surface area contributed by atoms with Gasteiger partial charge in [-0.1, -0.05) is 60.7 Å².